The molecule has 0 saturated heterocycles. The molecule has 2 heterocycles. The molecular weight excluding hydrogens is 266 g/mol. The van der Waals surface area contributed by atoms with E-state index in [2.05, 4.69) is 35.9 Å². The van der Waals surface area contributed by atoms with Gasteiger partial charge >= 0.3 is 0 Å². The largest absolute Gasteiger partial charge is 0.348 e. The number of hydrogen-bond acceptors (Lipinski definition) is 5. The quantitative estimate of drug-likeness (QED) is 0.365. The van der Waals surface area contributed by atoms with Crippen LogP contribution in [0.1, 0.15) is 24.5 Å². The van der Waals surface area contributed by atoms with E-state index in [1.807, 2.05) is 12.4 Å². The third kappa shape index (κ3) is 7.03. The van der Waals surface area contributed by atoms with Crippen LogP contribution in [0.25, 0.3) is 0 Å². The molecule has 0 aliphatic carbocycles. The second-order valence-corrected chi connectivity index (χ2v) is 4.88. The lowest BCUT2D eigenvalue weighted by molar-refractivity contribution is 0.558. The fraction of sp³-hybridized carbons (Fsp3) is 0.571. The van der Waals surface area contributed by atoms with Crippen LogP contribution in [0.3, 0.4) is 0 Å². The van der Waals surface area contributed by atoms with Crippen molar-refractivity contribution < 1.29 is 0 Å². The highest BCUT2D eigenvalue weighted by molar-refractivity contribution is 4.86. The smallest absolute Gasteiger partial charge is 0.120 e. The van der Waals surface area contributed by atoms with E-state index in [9.17, 15) is 0 Å². The number of aromatic amines is 2. The van der Waals surface area contributed by atoms with Crippen LogP contribution >= 0.6 is 0 Å². The van der Waals surface area contributed by atoms with Gasteiger partial charge in [0.05, 0.1) is 13.1 Å². The van der Waals surface area contributed by atoms with Crippen molar-refractivity contribution >= 4 is 0 Å². The molecule has 2 aromatic rings. The van der Waals surface area contributed by atoms with Gasteiger partial charge in [-0.15, -0.1) is 0 Å². The molecule has 0 fully saturated rings. The molecule has 7 nitrogen and oxygen atoms in total. The zero-order valence-electron chi connectivity index (χ0n) is 12.4. The molecule has 0 radical (unpaired) electrons. The Hall–Kier alpha value is -1.70. The topological polar surface area (TPSA) is 93.5 Å². The minimum absolute atomic E-state index is 0.809. The van der Waals surface area contributed by atoms with E-state index in [1.54, 1.807) is 12.4 Å². The Morgan fingerprint density at radius 1 is 0.714 bits per heavy atom. The minimum Gasteiger partial charge on any atom is -0.348 e. The molecule has 0 bridgehead atoms. The third-order valence-corrected chi connectivity index (χ3v) is 3.11. The molecule has 116 valence electrons. The molecule has 0 atom stereocenters. The molecule has 7 heteroatoms. The number of nitrogens with zero attached hydrogens (tertiary/aromatic N) is 2. The van der Waals surface area contributed by atoms with E-state index in [-0.39, 0.29) is 0 Å². The van der Waals surface area contributed by atoms with Gasteiger partial charge in [-0.2, -0.15) is 0 Å². The lowest BCUT2D eigenvalue weighted by Gasteiger charge is -2.06. The predicted molar refractivity (Wildman–Crippen MR) is 82.7 cm³/mol. The third-order valence-electron chi connectivity index (χ3n) is 3.11. The van der Waals surface area contributed by atoms with Crippen LogP contribution in [-0.2, 0) is 13.1 Å². The summed E-state index contributed by atoms with van der Waals surface area (Å²) in [5.41, 5.74) is 0. The van der Waals surface area contributed by atoms with Crippen LogP contribution in [-0.4, -0.2) is 46.1 Å². The van der Waals surface area contributed by atoms with Gasteiger partial charge in [0.25, 0.3) is 0 Å². The monoisotopic (exact) mass is 291 g/mol. The van der Waals surface area contributed by atoms with Crippen molar-refractivity contribution in [3.63, 3.8) is 0 Å². The number of nitrogens with one attached hydrogen (secondary N) is 5. The van der Waals surface area contributed by atoms with E-state index < -0.39 is 0 Å². The first kappa shape index (κ1) is 15.7. The highest BCUT2D eigenvalue weighted by Gasteiger charge is 1.95. The van der Waals surface area contributed by atoms with Gasteiger partial charge in [0.15, 0.2) is 0 Å². The Balaban J connectivity index is 1.31. The number of imidazole rings is 2. The number of aromatic nitrogens is 4. The molecule has 0 amide bonds. The molecule has 0 aromatic carbocycles. The van der Waals surface area contributed by atoms with Gasteiger partial charge in [0.1, 0.15) is 11.6 Å². The summed E-state index contributed by atoms with van der Waals surface area (Å²) in [5, 5.41) is 10.2. The van der Waals surface area contributed by atoms with E-state index >= 15 is 0 Å². The first-order valence-electron chi connectivity index (χ1n) is 7.54. The molecule has 0 spiro atoms. The van der Waals surface area contributed by atoms with Crippen LogP contribution in [0.4, 0.5) is 0 Å². The van der Waals surface area contributed by atoms with Gasteiger partial charge in [-0.25, -0.2) is 9.97 Å². The van der Waals surface area contributed by atoms with Crippen LogP contribution in [0.2, 0.25) is 0 Å². The summed E-state index contributed by atoms with van der Waals surface area (Å²) in [7, 11) is 0. The Kier molecular flexibility index (Phi) is 7.53. The van der Waals surface area contributed by atoms with Crippen LogP contribution < -0.4 is 16.0 Å². The van der Waals surface area contributed by atoms with Gasteiger partial charge in [-0.05, 0) is 39.0 Å². The summed E-state index contributed by atoms with van der Waals surface area (Å²) in [6, 6.07) is 0. The van der Waals surface area contributed by atoms with E-state index in [1.165, 1.54) is 0 Å². The first-order chi connectivity index (χ1) is 10.4. The zero-order chi connectivity index (χ0) is 14.6. The van der Waals surface area contributed by atoms with Gasteiger partial charge in [-0.3, -0.25) is 0 Å². The fourth-order valence-corrected chi connectivity index (χ4v) is 2.00. The summed E-state index contributed by atoms with van der Waals surface area (Å²) in [6.45, 7) is 5.72. The maximum absolute atomic E-state index is 4.16. The van der Waals surface area contributed by atoms with Crippen molar-refractivity contribution in [1.82, 2.24) is 35.9 Å². The predicted octanol–water partition coefficient (Wildman–Crippen LogP) is 0.382. The highest BCUT2D eigenvalue weighted by atomic mass is 15.0. The number of H-pyrrole nitrogens is 2. The molecule has 5 N–H and O–H groups in total. The summed E-state index contributed by atoms with van der Waals surface area (Å²) < 4.78 is 0. The maximum Gasteiger partial charge on any atom is 0.120 e. The van der Waals surface area contributed by atoms with Crippen molar-refractivity contribution in [3.05, 3.63) is 36.4 Å². The maximum atomic E-state index is 4.16. The van der Waals surface area contributed by atoms with Crippen molar-refractivity contribution in [2.24, 2.45) is 0 Å². The molecule has 0 saturated carbocycles. The first-order valence-corrected chi connectivity index (χ1v) is 7.54. The average molecular weight is 291 g/mol. The van der Waals surface area contributed by atoms with Gasteiger partial charge in [-0.1, -0.05) is 0 Å². The highest BCUT2D eigenvalue weighted by Crippen LogP contribution is 1.87. The molecule has 2 rings (SSSR count). The SMILES string of the molecule is c1c[nH]c(CNCCCNCCCNCc2ncc[nH]2)n1. The van der Waals surface area contributed by atoms with Crippen LogP contribution in [0, 0.1) is 0 Å². The second kappa shape index (κ2) is 10.1. The summed E-state index contributed by atoms with van der Waals surface area (Å²) in [4.78, 5) is 14.5. The minimum atomic E-state index is 0.809. The van der Waals surface area contributed by atoms with Crippen LogP contribution in [0.15, 0.2) is 24.8 Å². The Morgan fingerprint density at radius 3 is 1.62 bits per heavy atom. The van der Waals surface area contributed by atoms with E-state index in [0.29, 0.717) is 0 Å². The van der Waals surface area contributed by atoms with Crippen molar-refractivity contribution in [3.8, 4) is 0 Å². The molecule has 0 aliphatic heterocycles. The molecule has 0 aliphatic rings. The molecule has 21 heavy (non-hydrogen) atoms. The van der Waals surface area contributed by atoms with Crippen LogP contribution in [0.5, 0.6) is 0 Å². The second-order valence-electron chi connectivity index (χ2n) is 4.88. The fourth-order valence-electron chi connectivity index (χ4n) is 2.00. The van der Waals surface area contributed by atoms with Gasteiger partial charge in [0, 0.05) is 24.8 Å². The Bertz CT molecular complexity index is 396. The Morgan fingerprint density at radius 2 is 1.19 bits per heavy atom. The molecule has 0 unspecified atom stereocenters. The summed E-state index contributed by atoms with van der Waals surface area (Å²) in [6.07, 6.45) is 9.50. The Labute approximate surface area is 125 Å². The summed E-state index contributed by atoms with van der Waals surface area (Å²) >= 11 is 0. The van der Waals surface area contributed by atoms with E-state index in [0.717, 1.165) is 63.8 Å². The molecular formula is C14H25N7. The average Bonchev–Trinajstić information content (AvgIpc) is 3.18. The lowest BCUT2D eigenvalue weighted by Crippen LogP contribution is -2.25. The lowest BCUT2D eigenvalue weighted by atomic mass is 10.3. The van der Waals surface area contributed by atoms with Gasteiger partial charge in [0.2, 0.25) is 0 Å². The van der Waals surface area contributed by atoms with Crippen molar-refractivity contribution in [2.75, 3.05) is 26.2 Å². The molecule has 2 aromatic heterocycles. The van der Waals surface area contributed by atoms with Crippen molar-refractivity contribution in [1.29, 1.82) is 0 Å². The van der Waals surface area contributed by atoms with Gasteiger partial charge < -0.3 is 25.9 Å². The number of rotatable bonds is 12. The normalized spacial score (nSPS) is 11.0. The van der Waals surface area contributed by atoms with E-state index in [4.69, 9.17) is 0 Å². The summed E-state index contributed by atoms with van der Waals surface area (Å²) in [5.74, 6) is 1.98. The number of hydrogen-bond donors (Lipinski definition) is 5. The zero-order valence-corrected chi connectivity index (χ0v) is 12.4. The van der Waals surface area contributed by atoms with Crippen molar-refractivity contribution in [2.45, 2.75) is 25.9 Å². The standard InChI is InChI=1S/C14H25N7/c1(5-16-11-13-18-7-8-19-13)3-15-4-2-6-17-12-14-20-9-10-21-14/h7-10,15-17H,1-6,11-12H2,(H,18,19)(H,20,21).